The van der Waals surface area contributed by atoms with Gasteiger partial charge in [0.15, 0.2) is 0 Å². The van der Waals surface area contributed by atoms with E-state index in [1.165, 1.54) is 20.0 Å². The lowest BCUT2D eigenvalue weighted by molar-refractivity contribution is -0.143. The quantitative estimate of drug-likeness (QED) is 0.645. The minimum atomic E-state index is -3.93. The molecule has 0 heterocycles. The van der Waals surface area contributed by atoms with Gasteiger partial charge in [-0.15, -0.1) is 0 Å². The van der Waals surface area contributed by atoms with Crippen molar-refractivity contribution < 1.29 is 22.3 Å². The fourth-order valence-electron chi connectivity index (χ4n) is 1.57. The highest BCUT2D eigenvalue weighted by atomic mass is 32.2. The van der Waals surface area contributed by atoms with Gasteiger partial charge in [-0.3, -0.25) is 4.79 Å². The molecule has 0 aliphatic heterocycles. The molecule has 0 radical (unpaired) electrons. The normalized spacial score (nSPS) is 11.7. The number of rotatable bonds is 5. The molecule has 0 aliphatic carbocycles. The standard InChI is InChI=1S/C12H17FN2O4S/c1-4-19-11(16)7-15(3)20(17,18)9-5-8(2)12(13)10(14)6-9/h5-6H,4,7,14H2,1-3H3. The number of ether oxygens (including phenoxy) is 1. The van der Waals surface area contributed by atoms with Crippen LogP contribution in [-0.4, -0.2) is 38.9 Å². The Hall–Kier alpha value is -1.67. The summed E-state index contributed by atoms with van der Waals surface area (Å²) in [5.41, 5.74) is 5.28. The van der Waals surface area contributed by atoms with E-state index in [9.17, 15) is 17.6 Å². The molecule has 6 nitrogen and oxygen atoms in total. The Morgan fingerprint density at radius 1 is 1.45 bits per heavy atom. The minimum Gasteiger partial charge on any atom is -0.465 e. The molecule has 1 aromatic carbocycles. The summed E-state index contributed by atoms with van der Waals surface area (Å²) < 4.78 is 43.4. The Kier molecular flexibility index (Phi) is 5.07. The van der Waals surface area contributed by atoms with Crippen molar-refractivity contribution >= 4 is 21.7 Å². The lowest BCUT2D eigenvalue weighted by Crippen LogP contribution is -2.33. The van der Waals surface area contributed by atoms with E-state index >= 15 is 0 Å². The number of benzene rings is 1. The molecule has 2 N–H and O–H groups in total. The van der Waals surface area contributed by atoms with Crippen LogP contribution in [0, 0.1) is 12.7 Å². The van der Waals surface area contributed by atoms with Crippen molar-refractivity contribution in [1.29, 1.82) is 0 Å². The number of carbonyl (C=O) groups is 1. The molecule has 0 atom stereocenters. The lowest BCUT2D eigenvalue weighted by atomic mass is 10.2. The van der Waals surface area contributed by atoms with Gasteiger partial charge in [-0.1, -0.05) is 0 Å². The molecule has 0 bridgehead atoms. The predicted molar refractivity (Wildman–Crippen MR) is 72.0 cm³/mol. The summed E-state index contributed by atoms with van der Waals surface area (Å²) in [4.78, 5) is 11.1. The first-order valence-electron chi connectivity index (χ1n) is 5.87. The summed E-state index contributed by atoms with van der Waals surface area (Å²) in [6.45, 7) is 2.77. The second-order valence-corrected chi connectivity index (χ2v) is 6.25. The van der Waals surface area contributed by atoms with Crippen LogP contribution < -0.4 is 5.73 Å². The summed E-state index contributed by atoms with van der Waals surface area (Å²) in [5, 5.41) is 0. The largest absolute Gasteiger partial charge is 0.465 e. The van der Waals surface area contributed by atoms with E-state index in [1.54, 1.807) is 6.92 Å². The number of nitrogens with zero attached hydrogens (tertiary/aromatic N) is 1. The van der Waals surface area contributed by atoms with Crippen molar-refractivity contribution in [2.45, 2.75) is 18.7 Å². The number of nitrogens with two attached hydrogens (primary N) is 1. The van der Waals surface area contributed by atoms with Gasteiger partial charge in [-0.2, -0.15) is 4.31 Å². The molecular weight excluding hydrogens is 287 g/mol. The van der Waals surface area contributed by atoms with E-state index in [0.717, 1.165) is 10.4 Å². The highest BCUT2D eigenvalue weighted by Gasteiger charge is 2.25. The molecule has 20 heavy (non-hydrogen) atoms. The van der Waals surface area contributed by atoms with Crippen LogP contribution in [0.25, 0.3) is 0 Å². The molecule has 0 saturated heterocycles. The summed E-state index contributed by atoms with van der Waals surface area (Å²) in [6, 6.07) is 2.20. The summed E-state index contributed by atoms with van der Waals surface area (Å²) in [6.07, 6.45) is 0. The smallest absolute Gasteiger partial charge is 0.321 e. The summed E-state index contributed by atoms with van der Waals surface area (Å²) in [5.74, 6) is -1.32. The summed E-state index contributed by atoms with van der Waals surface area (Å²) in [7, 11) is -2.69. The van der Waals surface area contributed by atoms with E-state index in [4.69, 9.17) is 5.73 Å². The first kappa shape index (κ1) is 16.4. The van der Waals surface area contributed by atoms with E-state index in [0.29, 0.717) is 0 Å². The van der Waals surface area contributed by atoms with E-state index in [1.807, 2.05) is 0 Å². The number of halogens is 1. The molecule has 1 aromatic rings. The number of anilines is 1. The minimum absolute atomic E-state index is 0.119. The zero-order valence-electron chi connectivity index (χ0n) is 11.5. The van der Waals surface area contributed by atoms with Crippen molar-refractivity contribution in [1.82, 2.24) is 4.31 Å². The van der Waals surface area contributed by atoms with Gasteiger partial charge in [0, 0.05) is 7.05 Å². The molecule has 0 aromatic heterocycles. The average molecular weight is 304 g/mol. The predicted octanol–water partition coefficient (Wildman–Crippen LogP) is 0.900. The number of likely N-dealkylation sites (N-methyl/N-ethyl adjacent to an activating group) is 1. The van der Waals surface area contributed by atoms with Gasteiger partial charge < -0.3 is 10.5 Å². The van der Waals surface area contributed by atoms with Gasteiger partial charge >= 0.3 is 5.97 Å². The van der Waals surface area contributed by atoms with Crippen LogP contribution in [0.3, 0.4) is 0 Å². The first-order valence-corrected chi connectivity index (χ1v) is 7.31. The Morgan fingerprint density at radius 2 is 2.05 bits per heavy atom. The third kappa shape index (κ3) is 3.45. The lowest BCUT2D eigenvalue weighted by Gasteiger charge is -2.17. The molecule has 0 amide bonds. The van der Waals surface area contributed by atoms with E-state index in [2.05, 4.69) is 4.74 Å². The number of nitrogen functional groups attached to an aromatic ring is 1. The van der Waals surface area contributed by atoms with Crippen molar-refractivity contribution in [3.8, 4) is 0 Å². The molecule has 8 heteroatoms. The second-order valence-electron chi connectivity index (χ2n) is 4.21. The molecule has 0 saturated carbocycles. The molecule has 0 aliphatic rings. The van der Waals surface area contributed by atoms with Crippen LogP contribution in [0.15, 0.2) is 17.0 Å². The van der Waals surface area contributed by atoms with Crippen LogP contribution in [0.5, 0.6) is 0 Å². The Bertz CT molecular complexity index is 593. The topological polar surface area (TPSA) is 89.7 Å². The zero-order valence-corrected chi connectivity index (χ0v) is 12.3. The van der Waals surface area contributed by atoms with E-state index < -0.39 is 28.4 Å². The van der Waals surface area contributed by atoms with Crippen LogP contribution >= 0.6 is 0 Å². The highest BCUT2D eigenvalue weighted by Crippen LogP contribution is 2.22. The number of sulfonamides is 1. The van der Waals surface area contributed by atoms with Gasteiger partial charge in [-0.25, -0.2) is 12.8 Å². The summed E-state index contributed by atoms with van der Waals surface area (Å²) >= 11 is 0. The van der Waals surface area contributed by atoms with Crippen molar-refractivity contribution in [2.75, 3.05) is 25.9 Å². The van der Waals surface area contributed by atoms with Gasteiger partial charge in [0.1, 0.15) is 12.4 Å². The fourth-order valence-corrected chi connectivity index (χ4v) is 2.80. The van der Waals surface area contributed by atoms with Crippen molar-refractivity contribution in [3.63, 3.8) is 0 Å². The van der Waals surface area contributed by atoms with Crippen molar-refractivity contribution in [3.05, 3.63) is 23.5 Å². The van der Waals surface area contributed by atoms with Gasteiger partial charge in [0.25, 0.3) is 0 Å². The number of hydrogen-bond donors (Lipinski definition) is 1. The Labute approximate surface area is 117 Å². The fraction of sp³-hybridized carbons (Fsp3) is 0.417. The third-order valence-corrected chi connectivity index (χ3v) is 4.40. The Morgan fingerprint density at radius 3 is 2.55 bits per heavy atom. The number of aryl methyl sites for hydroxylation is 1. The number of hydrogen-bond acceptors (Lipinski definition) is 5. The maximum atomic E-state index is 13.4. The number of carbonyl (C=O) groups excluding carboxylic acids is 1. The molecule has 112 valence electrons. The Balaban J connectivity index is 3.07. The SMILES string of the molecule is CCOC(=O)CN(C)S(=O)(=O)c1cc(C)c(F)c(N)c1. The van der Waals surface area contributed by atoms with Gasteiger partial charge in [0.05, 0.1) is 17.2 Å². The first-order chi connectivity index (χ1) is 9.20. The van der Waals surface area contributed by atoms with Gasteiger partial charge in [-0.05, 0) is 31.5 Å². The van der Waals surface area contributed by atoms with E-state index in [-0.39, 0.29) is 22.8 Å². The second kappa shape index (κ2) is 6.19. The van der Waals surface area contributed by atoms with Crippen molar-refractivity contribution in [2.24, 2.45) is 0 Å². The van der Waals surface area contributed by atoms with Gasteiger partial charge in [0.2, 0.25) is 10.0 Å². The maximum absolute atomic E-state index is 13.4. The highest BCUT2D eigenvalue weighted by molar-refractivity contribution is 7.89. The molecule has 0 fully saturated rings. The average Bonchev–Trinajstić information content (AvgIpc) is 2.35. The number of esters is 1. The van der Waals surface area contributed by atoms with Crippen LogP contribution in [0.1, 0.15) is 12.5 Å². The molecular formula is C12H17FN2O4S. The molecule has 1 rings (SSSR count). The van der Waals surface area contributed by atoms with Crippen LogP contribution in [0.2, 0.25) is 0 Å². The molecule has 0 unspecified atom stereocenters. The van der Waals surface area contributed by atoms with Crippen LogP contribution in [0.4, 0.5) is 10.1 Å². The monoisotopic (exact) mass is 304 g/mol. The maximum Gasteiger partial charge on any atom is 0.321 e. The van der Waals surface area contributed by atoms with Crippen LogP contribution in [-0.2, 0) is 19.6 Å². The zero-order chi connectivity index (χ0) is 15.5. The molecule has 0 spiro atoms. The third-order valence-electron chi connectivity index (χ3n) is 2.62.